The largest absolute Gasteiger partial charge is 0.377 e. The Hall–Kier alpha value is -0.510. The SMILES string of the molecule is CCC1COCCN1c1cc(CCl)c(Cl)cn1. The van der Waals surface area contributed by atoms with Crippen LogP contribution in [0.1, 0.15) is 18.9 Å². The van der Waals surface area contributed by atoms with Gasteiger partial charge in [-0.25, -0.2) is 4.98 Å². The number of halogens is 2. The Labute approximate surface area is 112 Å². The van der Waals surface area contributed by atoms with E-state index in [4.69, 9.17) is 27.9 Å². The van der Waals surface area contributed by atoms with E-state index in [9.17, 15) is 0 Å². The number of rotatable bonds is 3. The summed E-state index contributed by atoms with van der Waals surface area (Å²) in [6.45, 7) is 4.54. The van der Waals surface area contributed by atoms with E-state index in [1.165, 1.54) is 0 Å². The van der Waals surface area contributed by atoms with Gasteiger partial charge < -0.3 is 9.64 Å². The molecule has 5 heteroatoms. The average molecular weight is 275 g/mol. The number of hydrogen-bond donors (Lipinski definition) is 0. The first-order chi connectivity index (χ1) is 8.26. The Balaban J connectivity index is 2.25. The maximum Gasteiger partial charge on any atom is 0.129 e. The lowest BCUT2D eigenvalue weighted by Gasteiger charge is -2.36. The molecule has 0 radical (unpaired) electrons. The van der Waals surface area contributed by atoms with Crippen LogP contribution in [0.2, 0.25) is 5.02 Å². The zero-order chi connectivity index (χ0) is 12.3. The van der Waals surface area contributed by atoms with Crippen LogP contribution in [0.5, 0.6) is 0 Å². The lowest BCUT2D eigenvalue weighted by molar-refractivity contribution is 0.0925. The quantitative estimate of drug-likeness (QED) is 0.793. The molecule has 1 aromatic heterocycles. The van der Waals surface area contributed by atoms with Gasteiger partial charge in [0.25, 0.3) is 0 Å². The Morgan fingerprint density at radius 3 is 3.12 bits per heavy atom. The number of anilines is 1. The summed E-state index contributed by atoms with van der Waals surface area (Å²) in [5.74, 6) is 1.36. The third-order valence-electron chi connectivity index (χ3n) is 3.06. The summed E-state index contributed by atoms with van der Waals surface area (Å²) in [5, 5.41) is 0.630. The number of pyridine rings is 1. The lowest BCUT2D eigenvalue weighted by Crippen LogP contribution is -2.45. The summed E-state index contributed by atoms with van der Waals surface area (Å²) >= 11 is 11.9. The van der Waals surface area contributed by atoms with Crippen molar-refractivity contribution in [1.82, 2.24) is 4.98 Å². The number of ether oxygens (including phenoxy) is 1. The molecule has 94 valence electrons. The third-order valence-corrected chi connectivity index (χ3v) is 3.69. The molecule has 1 aromatic rings. The van der Waals surface area contributed by atoms with Crippen LogP contribution in [-0.4, -0.2) is 30.8 Å². The average Bonchev–Trinajstić information content (AvgIpc) is 2.39. The number of morpholine rings is 1. The number of nitrogens with zero attached hydrogens (tertiary/aromatic N) is 2. The molecule has 0 spiro atoms. The van der Waals surface area contributed by atoms with E-state index in [1.54, 1.807) is 6.20 Å². The first-order valence-electron chi connectivity index (χ1n) is 5.81. The summed E-state index contributed by atoms with van der Waals surface area (Å²) < 4.78 is 5.48. The maximum absolute atomic E-state index is 6.02. The van der Waals surface area contributed by atoms with Crippen molar-refractivity contribution in [3.63, 3.8) is 0 Å². The molecule has 0 N–H and O–H groups in total. The van der Waals surface area contributed by atoms with E-state index in [0.717, 1.165) is 37.6 Å². The first-order valence-corrected chi connectivity index (χ1v) is 6.72. The topological polar surface area (TPSA) is 25.4 Å². The van der Waals surface area contributed by atoms with E-state index in [2.05, 4.69) is 16.8 Å². The molecule has 1 atom stereocenters. The Kier molecular flexibility index (Phi) is 4.48. The van der Waals surface area contributed by atoms with Crippen LogP contribution < -0.4 is 4.90 Å². The van der Waals surface area contributed by atoms with Gasteiger partial charge in [0.15, 0.2) is 0 Å². The van der Waals surface area contributed by atoms with Crippen LogP contribution in [0.25, 0.3) is 0 Å². The molecular weight excluding hydrogens is 259 g/mol. The van der Waals surface area contributed by atoms with E-state index < -0.39 is 0 Å². The predicted molar refractivity (Wildman–Crippen MR) is 71.0 cm³/mol. The molecule has 1 saturated heterocycles. The van der Waals surface area contributed by atoms with Crippen molar-refractivity contribution in [1.29, 1.82) is 0 Å². The van der Waals surface area contributed by atoms with Crippen LogP contribution in [0.15, 0.2) is 12.3 Å². The molecule has 0 aliphatic carbocycles. The van der Waals surface area contributed by atoms with E-state index in [0.29, 0.717) is 16.9 Å². The molecular formula is C12H16Cl2N2O. The van der Waals surface area contributed by atoms with Crippen LogP contribution in [0.3, 0.4) is 0 Å². The number of alkyl halides is 1. The molecule has 3 nitrogen and oxygen atoms in total. The summed E-state index contributed by atoms with van der Waals surface area (Å²) in [5.41, 5.74) is 0.930. The summed E-state index contributed by atoms with van der Waals surface area (Å²) in [6.07, 6.45) is 2.72. The van der Waals surface area contributed by atoms with Crippen molar-refractivity contribution in [3.05, 3.63) is 22.8 Å². The number of hydrogen-bond acceptors (Lipinski definition) is 3. The highest BCUT2D eigenvalue weighted by atomic mass is 35.5. The third kappa shape index (κ3) is 2.84. The fourth-order valence-corrected chi connectivity index (χ4v) is 2.48. The van der Waals surface area contributed by atoms with E-state index in [1.807, 2.05) is 6.07 Å². The lowest BCUT2D eigenvalue weighted by atomic mass is 10.1. The summed E-state index contributed by atoms with van der Waals surface area (Å²) in [4.78, 5) is 6.66. The van der Waals surface area contributed by atoms with Gasteiger partial charge in [0.2, 0.25) is 0 Å². The molecule has 1 fully saturated rings. The van der Waals surface area contributed by atoms with Gasteiger partial charge in [-0.1, -0.05) is 18.5 Å². The fourth-order valence-electron chi connectivity index (χ4n) is 2.02. The Morgan fingerprint density at radius 1 is 1.59 bits per heavy atom. The van der Waals surface area contributed by atoms with Crippen molar-refractivity contribution >= 4 is 29.0 Å². The van der Waals surface area contributed by atoms with Gasteiger partial charge >= 0.3 is 0 Å². The highest BCUT2D eigenvalue weighted by Crippen LogP contribution is 2.25. The molecule has 17 heavy (non-hydrogen) atoms. The highest BCUT2D eigenvalue weighted by molar-refractivity contribution is 6.32. The summed E-state index contributed by atoms with van der Waals surface area (Å²) in [7, 11) is 0. The van der Waals surface area contributed by atoms with Crippen molar-refractivity contribution < 1.29 is 4.74 Å². The van der Waals surface area contributed by atoms with Gasteiger partial charge in [-0.2, -0.15) is 0 Å². The maximum atomic E-state index is 6.02. The Bertz CT molecular complexity index is 387. The predicted octanol–water partition coefficient (Wildman–Crippen LogP) is 3.09. The van der Waals surface area contributed by atoms with E-state index in [-0.39, 0.29) is 0 Å². The second-order valence-electron chi connectivity index (χ2n) is 4.10. The van der Waals surface area contributed by atoms with Crippen molar-refractivity contribution in [2.24, 2.45) is 0 Å². The molecule has 2 heterocycles. The smallest absolute Gasteiger partial charge is 0.129 e. The minimum absolute atomic E-state index is 0.389. The van der Waals surface area contributed by atoms with Gasteiger partial charge in [0.05, 0.1) is 24.3 Å². The van der Waals surface area contributed by atoms with Crippen molar-refractivity contribution in [2.75, 3.05) is 24.7 Å². The zero-order valence-electron chi connectivity index (χ0n) is 9.83. The monoisotopic (exact) mass is 274 g/mol. The summed E-state index contributed by atoms with van der Waals surface area (Å²) in [6, 6.07) is 2.36. The zero-order valence-corrected chi connectivity index (χ0v) is 11.3. The molecule has 0 amide bonds. The van der Waals surface area contributed by atoms with Gasteiger partial charge in [-0.3, -0.25) is 0 Å². The highest BCUT2D eigenvalue weighted by Gasteiger charge is 2.23. The van der Waals surface area contributed by atoms with Gasteiger partial charge in [0.1, 0.15) is 5.82 Å². The second-order valence-corrected chi connectivity index (χ2v) is 4.77. The molecule has 1 aliphatic rings. The minimum Gasteiger partial charge on any atom is -0.377 e. The fraction of sp³-hybridized carbons (Fsp3) is 0.583. The molecule has 0 saturated carbocycles. The van der Waals surface area contributed by atoms with Crippen molar-refractivity contribution in [2.45, 2.75) is 25.3 Å². The molecule has 0 aromatic carbocycles. The molecule has 1 unspecified atom stereocenters. The number of aromatic nitrogens is 1. The standard InChI is InChI=1S/C12H16Cl2N2O/c1-2-10-8-17-4-3-16(10)12-5-9(6-13)11(14)7-15-12/h5,7,10H,2-4,6,8H2,1H3. The second kappa shape index (κ2) is 5.89. The molecule has 1 aliphatic heterocycles. The van der Waals surface area contributed by atoms with Crippen LogP contribution in [0, 0.1) is 0 Å². The minimum atomic E-state index is 0.389. The molecule has 2 rings (SSSR count). The van der Waals surface area contributed by atoms with Gasteiger partial charge in [-0.15, -0.1) is 11.6 Å². The first kappa shape index (κ1) is 12.9. The van der Waals surface area contributed by atoms with Crippen LogP contribution in [0.4, 0.5) is 5.82 Å². The Morgan fingerprint density at radius 2 is 2.41 bits per heavy atom. The van der Waals surface area contributed by atoms with E-state index >= 15 is 0 Å². The van der Waals surface area contributed by atoms with Gasteiger partial charge in [0, 0.05) is 18.6 Å². The van der Waals surface area contributed by atoms with Crippen LogP contribution >= 0.6 is 23.2 Å². The van der Waals surface area contributed by atoms with Crippen LogP contribution in [-0.2, 0) is 10.6 Å². The van der Waals surface area contributed by atoms with Crippen molar-refractivity contribution in [3.8, 4) is 0 Å². The normalized spacial score (nSPS) is 20.6. The molecule has 0 bridgehead atoms. The van der Waals surface area contributed by atoms with Gasteiger partial charge in [-0.05, 0) is 18.1 Å².